The van der Waals surface area contributed by atoms with E-state index in [4.69, 9.17) is 13.9 Å². The van der Waals surface area contributed by atoms with Crippen molar-refractivity contribution in [2.45, 2.75) is 31.8 Å². The van der Waals surface area contributed by atoms with Gasteiger partial charge < -0.3 is 18.8 Å². The molecule has 0 spiro atoms. The van der Waals surface area contributed by atoms with Crippen molar-refractivity contribution in [3.63, 3.8) is 0 Å². The van der Waals surface area contributed by atoms with E-state index in [9.17, 15) is 4.79 Å². The quantitative estimate of drug-likeness (QED) is 0.785. The van der Waals surface area contributed by atoms with Gasteiger partial charge in [-0.1, -0.05) is 6.07 Å². The molecule has 24 heavy (non-hydrogen) atoms. The van der Waals surface area contributed by atoms with Crippen molar-refractivity contribution in [1.29, 1.82) is 0 Å². The molecule has 2 aromatic rings. The van der Waals surface area contributed by atoms with E-state index in [1.54, 1.807) is 12.3 Å². The van der Waals surface area contributed by atoms with Crippen LogP contribution in [0.25, 0.3) is 6.08 Å². The SMILES string of the molecule is CC(c1ccco1)N(C(=O)/C=C/c1ccc2c(c1)OCO2)C1CC1. The Kier molecular flexibility index (Phi) is 3.76. The van der Waals surface area contributed by atoms with Gasteiger partial charge in [0.2, 0.25) is 12.7 Å². The van der Waals surface area contributed by atoms with Crippen molar-refractivity contribution < 1.29 is 18.7 Å². The van der Waals surface area contributed by atoms with Crippen molar-refractivity contribution >= 4 is 12.0 Å². The highest BCUT2D eigenvalue weighted by Crippen LogP contribution is 2.35. The summed E-state index contributed by atoms with van der Waals surface area (Å²) in [7, 11) is 0. The van der Waals surface area contributed by atoms with Crippen LogP contribution in [-0.4, -0.2) is 23.6 Å². The molecule has 0 radical (unpaired) electrons. The first-order valence-corrected chi connectivity index (χ1v) is 8.16. The third kappa shape index (κ3) is 2.89. The number of carbonyl (C=O) groups is 1. The minimum atomic E-state index is -0.0681. The monoisotopic (exact) mass is 325 g/mol. The van der Waals surface area contributed by atoms with Crippen LogP contribution in [0.2, 0.25) is 0 Å². The molecular weight excluding hydrogens is 306 g/mol. The smallest absolute Gasteiger partial charge is 0.247 e. The maximum atomic E-state index is 12.7. The Bertz CT molecular complexity index is 762. The van der Waals surface area contributed by atoms with Gasteiger partial charge in [0.15, 0.2) is 11.5 Å². The van der Waals surface area contributed by atoms with E-state index in [0.29, 0.717) is 11.8 Å². The van der Waals surface area contributed by atoms with Crippen LogP contribution in [0.3, 0.4) is 0 Å². The largest absolute Gasteiger partial charge is 0.467 e. The van der Waals surface area contributed by atoms with Gasteiger partial charge in [-0.05, 0) is 55.7 Å². The number of hydrogen-bond acceptors (Lipinski definition) is 4. The average molecular weight is 325 g/mol. The lowest BCUT2D eigenvalue weighted by molar-refractivity contribution is -0.129. The number of benzene rings is 1. The zero-order valence-electron chi connectivity index (χ0n) is 13.5. The molecule has 5 heteroatoms. The Morgan fingerprint density at radius 1 is 1.25 bits per heavy atom. The molecule has 0 bridgehead atoms. The summed E-state index contributed by atoms with van der Waals surface area (Å²) in [6.07, 6.45) is 7.18. The van der Waals surface area contributed by atoms with E-state index < -0.39 is 0 Å². The van der Waals surface area contributed by atoms with Crippen molar-refractivity contribution in [2.75, 3.05) is 6.79 Å². The standard InChI is InChI=1S/C19H19NO4/c1-13(16-3-2-10-22-16)20(15-6-7-15)19(21)9-5-14-4-8-17-18(11-14)24-12-23-17/h2-5,8-11,13,15H,6-7,12H2,1H3/b9-5+. The Hall–Kier alpha value is -2.69. The fourth-order valence-electron chi connectivity index (χ4n) is 2.98. The van der Waals surface area contributed by atoms with E-state index in [1.807, 2.05) is 48.2 Å². The Morgan fingerprint density at radius 3 is 2.83 bits per heavy atom. The van der Waals surface area contributed by atoms with Crippen molar-refractivity contribution in [3.05, 3.63) is 54.0 Å². The molecule has 1 aromatic heterocycles. The molecule has 2 aliphatic rings. The number of ether oxygens (including phenoxy) is 2. The molecule has 1 fully saturated rings. The van der Waals surface area contributed by atoms with Crippen molar-refractivity contribution in [2.24, 2.45) is 0 Å². The van der Waals surface area contributed by atoms with Crippen LogP contribution in [0.5, 0.6) is 11.5 Å². The molecule has 1 atom stereocenters. The third-order valence-electron chi connectivity index (χ3n) is 4.38. The number of amides is 1. The van der Waals surface area contributed by atoms with Crippen LogP contribution in [0, 0.1) is 0 Å². The molecule has 2 heterocycles. The first-order chi connectivity index (χ1) is 11.7. The maximum Gasteiger partial charge on any atom is 0.247 e. The molecule has 0 saturated heterocycles. The maximum absolute atomic E-state index is 12.7. The second-order valence-electron chi connectivity index (χ2n) is 6.11. The molecular formula is C19H19NO4. The molecule has 1 amide bonds. The van der Waals surface area contributed by atoms with Gasteiger partial charge in [0.1, 0.15) is 5.76 Å². The number of fused-ring (bicyclic) bond motifs is 1. The van der Waals surface area contributed by atoms with E-state index in [-0.39, 0.29) is 18.7 Å². The van der Waals surface area contributed by atoms with Crippen LogP contribution < -0.4 is 9.47 Å². The highest BCUT2D eigenvalue weighted by atomic mass is 16.7. The highest BCUT2D eigenvalue weighted by molar-refractivity contribution is 5.92. The van der Waals surface area contributed by atoms with Gasteiger partial charge in [0.25, 0.3) is 0 Å². The fraction of sp³-hybridized carbons (Fsp3) is 0.316. The Balaban J connectivity index is 1.51. The number of hydrogen-bond donors (Lipinski definition) is 0. The summed E-state index contributed by atoms with van der Waals surface area (Å²) in [5, 5.41) is 0. The molecule has 1 aliphatic heterocycles. The Labute approximate surface area is 140 Å². The minimum absolute atomic E-state index is 0.000864. The summed E-state index contributed by atoms with van der Waals surface area (Å²) in [4.78, 5) is 14.6. The van der Waals surface area contributed by atoms with Crippen LogP contribution >= 0.6 is 0 Å². The summed E-state index contributed by atoms with van der Waals surface area (Å²) in [5.41, 5.74) is 0.911. The summed E-state index contributed by atoms with van der Waals surface area (Å²) < 4.78 is 16.1. The molecule has 5 nitrogen and oxygen atoms in total. The van der Waals surface area contributed by atoms with Gasteiger partial charge in [-0.25, -0.2) is 0 Å². The van der Waals surface area contributed by atoms with Crippen LogP contribution in [0.4, 0.5) is 0 Å². The third-order valence-corrected chi connectivity index (χ3v) is 4.38. The molecule has 1 aromatic carbocycles. The molecule has 124 valence electrons. The van der Waals surface area contributed by atoms with Gasteiger partial charge >= 0.3 is 0 Å². The number of carbonyl (C=O) groups excluding carboxylic acids is 1. The average Bonchev–Trinajstić information content (AvgIpc) is 3.10. The van der Waals surface area contributed by atoms with Crippen LogP contribution in [-0.2, 0) is 4.79 Å². The Morgan fingerprint density at radius 2 is 2.08 bits per heavy atom. The fourth-order valence-corrected chi connectivity index (χ4v) is 2.98. The number of rotatable bonds is 5. The number of nitrogens with zero attached hydrogens (tertiary/aromatic N) is 1. The van der Waals surface area contributed by atoms with Crippen molar-refractivity contribution in [1.82, 2.24) is 4.90 Å². The summed E-state index contributed by atoms with van der Waals surface area (Å²) >= 11 is 0. The van der Waals surface area contributed by atoms with E-state index in [2.05, 4.69) is 0 Å². The van der Waals surface area contributed by atoms with Crippen LogP contribution in [0.15, 0.2) is 47.1 Å². The van der Waals surface area contributed by atoms with Crippen LogP contribution in [0.1, 0.15) is 37.1 Å². The summed E-state index contributed by atoms with van der Waals surface area (Å²) in [5.74, 6) is 2.27. The van der Waals surface area contributed by atoms with Crippen molar-refractivity contribution in [3.8, 4) is 11.5 Å². The first-order valence-electron chi connectivity index (χ1n) is 8.16. The van der Waals surface area contributed by atoms with Gasteiger partial charge in [-0.2, -0.15) is 0 Å². The zero-order chi connectivity index (χ0) is 16.5. The predicted molar refractivity (Wildman–Crippen MR) is 88.6 cm³/mol. The van der Waals surface area contributed by atoms with E-state index in [1.165, 1.54) is 0 Å². The molecule has 4 rings (SSSR count). The van der Waals surface area contributed by atoms with E-state index in [0.717, 1.165) is 29.9 Å². The molecule has 1 unspecified atom stereocenters. The second-order valence-corrected chi connectivity index (χ2v) is 6.11. The lowest BCUT2D eigenvalue weighted by Crippen LogP contribution is -2.34. The normalized spacial score (nSPS) is 17.2. The predicted octanol–water partition coefficient (Wildman–Crippen LogP) is 3.77. The topological polar surface area (TPSA) is 51.9 Å². The summed E-state index contributed by atoms with van der Waals surface area (Å²) in [6.45, 7) is 2.25. The molecule has 0 N–H and O–H groups in total. The number of furan rings is 1. The van der Waals surface area contributed by atoms with Gasteiger partial charge in [-0.15, -0.1) is 0 Å². The van der Waals surface area contributed by atoms with E-state index >= 15 is 0 Å². The van der Waals surface area contributed by atoms with Gasteiger partial charge in [0.05, 0.1) is 12.3 Å². The lowest BCUT2D eigenvalue weighted by atomic mass is 10.1. The zero-order valence-corrected chi connectivity index (χ0v) is 13.5. The molecule has 1 aliphatic carbocycles. The summed E-state index contributed by atoms with van der Waals surface area (Å²) in [6, 6.07) is 9.65. The minimum Gasteiger partial charge on any atom is -0.467 e. The lowest BCUT2D eigenvalue weighted by Gasteiger charge is -2.26. The molecule has 1 saturated carbocycles. The highest BCUT2D eigenvalue weighted by Gasteiger charge is 2.36. The first kappa shape index (κ1) is 14.9. The second kappa shape index (κ2) is 6.07. The van der Waals surface area contributed by atoms with Gasteiger partial charge in [-0.3, -0.25) is 4.79 Å². The van der Waals surface area contributed by atoms with Gasteiger partial charge in [0, 0.05) is 12.1 Å².